The third-order valence-electron chi connectivity index (χ3n) is 2.25. The molecule has 0 aliphatic heterocycles. The molecule has 0 unspecified atom stereocenters. The Morgan fingerprint density at radius 2 is 1.84 bits per heavy atom. The van der Waals surface area contributed by atoms with Gasteiger partial charge in [-0.05, 0) is 18.2 Å². The molecule has 0 aliphatic rings. The quantitative estimate of drug-likeness (QED) is 0.906. The first-order valence-corrected chi connectivity index (χ1v) is 5.87. The lowest BCUT2D eigenvalue weighted by Gasteiger charge is -2.04. The van der Waals surface area contributed by atoms with E-state index in [1.807, 2.05) is 0 Å². The molecule has 2 rings (SSSR count). The van der Waals surface area contributed by atoms with Gasteiger partial charge in [0.1, 0.15) is 0 Å². The number of amides is 2. The molecule has 1 heterocycles. The second-order valence-electron chi connectivity index (χ2n) is 3.78. The Bertz CT molecular complexity index is 622. The van der Waals surface area contributed by atoms with Gasteiger partial charge in [0.05, 0.1) is 10.7 Å². The van der Waals surface area contributed by atoms with Crippen LogP contribution in [-0.2, 0) is 4.79 Å². The van der Waals surface area contributed by atoms with Gasteiger partial charge in [0, 0.05) is 13.0 Å². The van der Waals surface area contributed by atoms with E-state index >= 15 is 0 Å². The smallest absolute Gasteiger partial charge is 0.291 e. The summed E-state index contributed by atoms with van der Waals surface area (Å²) in [7, 11) is 0. The van der Waals surface area contributed by atoms with Crippen molar-refractivity contribution in [3.8, 4) is 0 Å². The normalized spacial score (nSPS) is 10.0. The van der Waals surface area contributed by atoms with Crippen molar-refractivity contribution in [2.45, 2.75) is 6.92 Å². The van der Waals surface area contributed by atoms with Gasteiger partial charge in [-0.15, -0.1) is 0 Å². The van der Waals surface area contributed by atoms with Gasteiger partial charge in [-0.25, -0.2) is 0 Å². The summed E-state index contributed by atoms with van der Waals surface area (Å²) in [4.78, 5) is 22.7. The first-order valence-electron chi connectivity index (χ1n) is 5.49. The third kappa shape index (κ3) is 3.35. The van der Waals surface area contributed by atoms with Crippen LogP contribution >= 0.6 is 11.6 Å². The van der Waals surface area contributed by atoms with Gasteiger partial charge < -0.3 is 9.73 Å². The maximum absolute atomic E-state index is 11.9. The summed E-state index contributed by atoms with van der Waals surface area (Å²) in [5, 5.41) is 5.49. The van der Waals surface area contributed by atoms with Crippen LogP contribution in [0.4, 0.5) is 11.6 Å². The van der Waals surface area contributed by atoms with E-state index in [2.05, 4.69) is 10.6 Å². The Morgan fingerprint density at radius 1 is 1.11 bits per heavy atom. The summed E-state index contributed by atoms with van der Waals surface area (Å²) < 4.78 is 5.18. The van der Waals surface area contributed by atoms with Gasteiger partial charge >= 0.3 is 0 Å². The molecule has 0 spiro atoms. The molecule has 0 atom stereocenters. The molecular formula is C13H11ClN2O3. The highest BCUT2D eigenvalue weighted by Gasteiger charge is 2.13. The van der Waals surface area contributed by atoms with E-state index in [0.717, 1.165) is 0 Å². The molecule has 2 N–H and O–H groups in total. The number of anilines is 2. The van der Waals surface area contributed by atoms with Crippen LogP contribution in [-0.4, -0.2) is 11.8 Å². The van der Waals surface area contributed by atoms with E-state index in [9.17, 15) is 9.59 Å². The summed E-state index contributed by atoms with van der Waals surface area (Å²) in [6, 6.07) is 9.84. The molecule has 19 heavy (non-hydrogen) atoms. The number of carbonyl (C=O) groups excluding carboxylic acids is 2. The highest BCUT2D eigenvalue weighted by molar-refractivity contribution is 6.33. The summed E-state index contributed by atoms with van der Waals surface area (Å²) in [6.45, 7) is 1.35. The minimum Gasteiger partial charge on any atom is -0.435 e. The van der Waals surface area contributed by atoms with Crippen molar-refractivity contribution in [3.05, 3.63) is 47.2 Å². The predicted molar refractivity (Wildman–Crippen MR) is 72.4 cm³/mol. The number of hydrogen-bond donors (Lipinski definition) is 2. The Morgan fingerprint density at radius 3 is 2.53 bits per heavy atom. The third-order valence-corrected chi connectivity index (χ3v) is 2.58. The van der Waals surface area contributed by atoms with E-state index < -0.39 is 5.91 Å². The van der Waals surface area contributed by atoms with Gasteiger partial charge in [-0.1, -0.05) is 23.7 Å². The first-order chi connectivity index (χ1) is 9.06. The fourth-order valence-electron chi connectivity index (χ4n) is 1.45. The van der Waals surface area contributed by atoms with E-state index in [-0.39, 0.29) is 17.6 Å². The molecule has 98 valence electrons. The zero-order valence-corrected chi connectivity index (χ0v) is 10.8. The van der Waals surface area contributed by atoms with Crippen molar-refractivity contribution in [2.24, 2.45) is 0 Å². The summed E-state index contributed by atoms with van der Waals surface area (Å²) in [5.41, 5.74) is 0.492. The maximum atomic E-state index is 11.9. The van der Waals surface area contributed by atoms with Crippen molar-refractivity contribution in [3.63, 3.8) is 0 Å². The van der Waals surface area contributed by atoms with Crippen LogP contribution in [0.3, 0.4) is 0 Å². The standard InChI is InChI=1S/C13H11ClN2O3/c1-8(17)15-12-7-6-11(19-12)13(18)16-10-5-3-2-4-9(10)14/h2-7H,1H3,(H,15,17)(H,16,18). The summed E-state index contributed by atoms with van der Waals surface area (Å²) >= 11 is 5.93. The number of halogens is 1. The molecule has 0 saturated carbocycles. The summed E-state index contributed by atoms with van der Waals surface area (Å²) in [6.07, 6.45) is 0. The lowest BCUT2D eigenvalue weighted by Crippen LogP contribution is -2.11. The molecule has 0 radical (unpaired) electrons. The second-order valence-corrected chi connectivity index (χ2v) is 4.19. The average molecular weight is 279 g/mol. The Hall–Kier alpha value is -2.27. The minimum absolute atomic E-state index is 0.0867. The molecule has 6 heteroatoms. The minimum atomic E-state index is -0.440. The van der Waals surface area contributed by atoms with Crippen LogP contribution in [0.5, 0.6) is 0 Å². The largest absolute Gasteiger partial charge is 0.435 e. The number of hydrogen-bond acceptors (Lipinski definition) is 3. The predicted octanol–water partition coefficient (Wildman–Crippen LogP) is 3.14. The molecule has 0 saturated heterocycles. The second kappa shape index (κ2) is 5.58. The van der Waals surface area contributed by atoms with Gasteiger partial charge in [0.2, 0.25) is 5.91 Å². The molecule has 2 amide bonds. The summed E-state index contributed by atoms with van der Waals surface area (Å²) in [5.74, 6) is -0.405. The lowest BCUT2D eigenvalue weighted by molar-refractivity contribution is -0.114. The van der Waals surface area contributed by atoms with Gasteiger partial charge in [0.15, 0.2) is 11.6 Å². The molecule has 0 fully saturated rings. The number of benzene rings is 1. The van der Waals surface area contributed by atoms with E-state index in [1.165, 1.54) is 19.1 Å². The number of carbonyl (C=O) groups is 2. The van der Waals surface area contributed by atoms with Crippen molar-refractivity contribution in [1.29, 1.82) is 0 Å². The molecule has 0 aliphatic carbocycles. The number of para-hydroxylation sites is 1. The Kier molecular flexibility index (Phi) is 3.87. The maximum Gasteiger partial charge on any atom is 0.291 e. The monoisotopic (exact) mass is 278 g/mol. The van der Waals surface area contributed by atoms with E-state index in [1.54, 1.807) is 24.3 Å². The van der Waals surface area contributed by atoms with Crippen molar-refractivity contribution < 1.29 is 14.0 Å². The topological polar surface area (TPSA) is 71.3 Å². The SMILES string of the molecule is CC(=O)Nc1ccc(C(=O)Nc2ccccc2Cl)o1. The zero-order chi connectivity index (χ0) is 13.8. The van der Waals surface area contributed by atoms with Crippen LogP contribution < -0.4 is 10.6 Å². The number of nitrogens with one attached hydrogen (secondary N) is 2. The molecule has 2 aromatic rings. The Labute approximate surface area is 114 Å². The Balaban J connectivity index is 2.10. The van der Waals surface area contributed by atoms with Crippen molar-refractivity contribution >= 4 is 35.0 Å². The van der Waals surface area contributed by atoms with Gasteiger partial charge in [-0.2, -0.15) is 0 Å². The van der Waals surface area contributed by atoms with Gasteiger partial charge in [0.25, 0.3) is 5.91 Å². The average Bonchev–Trinajstić information content (AvgIpc) is 2.79. The lowest BCUT2D eigenvalue weighted by atomic mass is 10.3. The van der Waals surface area contributed by atoms with E-state index in [4.69, 9.17) is 16.0 Å². The molecule has 1 aromatic carbocycles. The number of rotatable bonds is 3. The zero-order valence-electron chi connectivity index (χ0n) is 10.1. The molecule has 1 aromatic heterocycles. The van der Waals surface area contributed by atoms with Crippen LogP contribution in [0, 0.1) is 0 Å². The van der Waals surface area contributed by atoms with Crippen LogP contribution in [0.2, 0.25) is 5.02 Å². The highest BCUT2D eigenvalue weighted by atomic mass is 35.5. The molecular weight excluding hydrogens is 268 g/mol. The molecule has 5 nitrogen and oxygen atoms in total. The first kappa shape index (κ1) is 13.2. The fourth-order valence-corrected chi connectivity index (χ4v) is 1.63. The molecule has 0 bridgehead atoms. The fraction of sp³-hybridized carbons (Fsp3) is 0.0769. The van der Waals surface area contributed by atoms with Crippen LogP contribution in [0.25, 0.3) is 0 Å². The van der Waals surface area contributed by atoms with Crippen molar-refractivity contribution in [1.82, 2.24) is 0 Å². The van der Waals surface area contributed by atoms with Crippen molar-refractivity contribution in [2.75, 3.05) is 10.6 Å². The number of furan rings is 1. The van der Waals surface area contributed by atoms with E-state index in [0.29, 0.717) is 10.7 Å². The van der Waals surface area contributed by atoms with Gasteiger partial charge in [-0.3, -0.25) is 14.9 Å². The van der Waals surface area contributed by atoms with Crippen LogP contribution in [0.1, 0.15) is 17.5 Å². The highest BCUT2D eigenvalue weighted by Crippen LogP contribution is 2.22. The van der Waals surface area contributed by atoms with Crippen LogP contribution in [0.15, 0.2) is 40.8 Å².